The van der Waals surface area contributed by atoms with Crippen LogP contribution in [0.1, 0.15) is 26.3 Å². The number of nitrogens with one attached hydrogen (secondary N) is 1. The minimum atomic E-state index is -0.650. The van der Waals surface area contributed by atoms with Gasteiger partial charge in [0.05, 0.1) is 23.9 Å². The number of rotatable bonds is 6. The number of hydrogen-bond donors (Lipinski definition) is 1. The van der Waals surface area contributed by atoms with Crippen molar-refractivity contribution in [1.82, 2.24) is 5.43 Å². The summed E-state index contributed by atoms with van der Waals surface area (Å²) in [5, 5.41) is 4.54. The number of hydrogen-bond acceptors (Lipinski definition) is 5. The summed E-state index contributed by atoms with van der Waals surface area (Å²) in [7, 11) is 1.44. The van der Waals surface area contributed by atoms with Gasteiger partial charge in [-0.1, -0.05) is 39.1 Å². The van der Waals surface area contributed by atoms with Crippen molar-refractivity contribution < 1.29 is 19.1 Å². The third kappa shape index (κ3) is 6.07. The molecule has 0 bridgehead atoms. The highest BCUT2D eigenvalue weighted by Gasteiger charge is 2.16. The van der Waals surface area contributed by atoms with E-state index in [0.717, 1.165) is 4.47 Å². The summed E-state index contributed by atoms with van der Waals surface area (Å²) < 4.78 is 11.6. The van der Waals surface area contributed by atoms with E-state index in [1.807, 2.05) is 0 Å². The standard InChI is InChI=1S/C22H15BrCl2N2O4/c1-30-20-10-13(12-26-27-21(28)14-3-5-15(23)6-4-14)2-9-19(20)31-22(29)17-8-7-16(24)11-18(17)25/h2-12H,1H3,(H,27,28)/b26-12+. The second kappa shape index (κ2) is 10.4. The largest absolute Gasteiger partial charge is 0.493 e. The summed E-state index contributed by atoms with van der Waals surface area (Å²) in [6.07, 6.45) is 1.45. The Hall–Kier alpha value is -2.87. The lowest BCUT2D eigenvalue weighted by atomic mass is 10.2. The Balaban J connectivity index is 1.69. The van der Waals surface area contributed by atoms with Crippen molar-refractivity contribution in [2.75, 3.05) is 7.11 Å². The lowest BCUT2D eigenvalue weighted by Gasteiger charge is -2.10. The molecule has 1 amide bonds. The van der Waals surface area contributed by atoms with E-state index < -0.39 is 5.97 Å². The fourth-order valence-corrected chi connectivity index (χ4v) is 3.24. The number of hydrazone groups is 1. The minimum Gasteiger partial charge on any atom is -0.493 e. The quantitative estimate of drug-likeness (QED) is 0.194. The molecular formula is C22H15BrCl2N2O4. The van der Waals surface area contributed by atoms with E-state index in [0.29, 0.717) is 21.9 Å². The average Bonchev–Trinajstić information content (AvgIpc) is 2.75. The molecule has 0 aliphatic rings. The van der Waals surface area contributed by atoms with Crippen LogP contribution < -0.4 is 14.9 Å². The van der Waals surface area contributed by atoms with Crippen LogP contribution in [0.3, 0.4) is 0 Å². The average molecular weight is 522 g/mol. The molecule has 3 rings (SSSR count). The van der Waals surface area contributed by atoms with Crippen molar-refractivity contribution in [3.63, 3.8) is 0 Å². The molecule has 158 valence electrons. The summed E-state index contributed by atoms with van der Waals surface area (Å²) >= 11 is 15.2. The molecule has 0 aromatic heterocycles. The van der Waals surface area contributed by atoms with Gasteiger partial charge in [-0.05, 0) is 66.2 Å². The van der Waals surface area contributed by atoms with Gasteiger partial charge in [-0.2, -0.15) is 5.10 Å². The van der Waals surface area contributed by atoms with Crippen molar-refractivity contribution in [2.24, 2.45) is 5.10 Å². The van der Waals surface area contributed by atoms with Crippen molar-refractivity contribution in [1.29, 1.82) is 0 Å². The van der Waals surface area contributed by atoms with E-state index in [1.54, 1.807) is 48.5 Å². The Morgan fingerprint density at radius 1 is 1.00 bits per heavy atom. The van der Waals surface area contributed by atoms with Gasteiger partial charge in [-0.25, -0.2) is 10.2 Å². The maximum absolute atomic E-state index is 12.4. The Morgan fingerprint density at radius 2 is 1.74 bits per heavy atom. The molecule has 3 aromatic carbocycles. The smallest absolute Gasteiger partial charge is 0.345 e. The lowest BCUT2D eigenvalue weighted by molar-refractivity contribution is 0.0729. The first kappa shape index (κ1) is 22.8. The third-order valence-electron chi connectivity index (χ3n) is 4.03. The first-order valence-corrected chi connectivity index (χ1v) is 10.4. The van der Waals surface area contributed by atoms with Gasteiger partial charge >= 0.3 is 5.97 Å². The monoisotopic (exact) mass is 520 g/mol. The predicted octanol–water partition coefficient (Wildman–Crippen LogP) is 5.75. The summed E-state index contributed by atoms with van der Waals surface area (Å²) in [6.45, 7) is 0. The number of halogens is 3. The van der Waals surface area contributed by atoms with Crippen LogP contribution in [-0.2, 0) is 0 Å². The van der Waals surface area contributed by atoms with Crippen molar-refractivity contribution in [2.45, 2.75) is 0 Å². The predicted molar refractivity (Wildman–Crippen MR) is 124 cm³/mol. The van der Waals surface area contributed by atoms with E-state index in [2.05, 4.69) is 26.5 Å². The Labute approximate surface area is 196 Å². The number of methoxy groups -OCH3 is 1. The van der Waals surface area contributed by atoms with E-state index in [-0.39, 0.29) is 22.2 Å². The maximum Gasteiger partial charge on any atom is 0.345 e. The zero-order chi connectivity index (χ0) is 22.4. The molecule has 0 aliphatic heterocycles. The number of ether oxygens (including phenoxy) is 2. The van der Waals surface area contributed by atoms with Crippen molar-refractivity contribution in [3.05, 3.63) is 91.9 Å². The van der Waals surface area contributed by atoms with Gasteiger partial charge in [0.25, 0.3) is 5.91 Å². The van der Waals surface area contributed by atoms with Crippen LogP contribution in [0.5, 0.6) is 11.5 Å². The minimum absolute atomic E-state index is 0.175. The molecule has 0 spiro atoms. The molecule has 0 radical (unpaired) electrons. The van der Waals surface area contributed by atoms with E-state index in [9.17, 15) is 9.59 Å². The molecule has 1 N–H and O–H groups in total. The second-order valence-electron chi connectivity index (χ2n) is 6.13. The van der Waals surface area contributed by atoms with Gasteiger partial charge in [-0.15, -0.1) is 0 Å². The molecule has 0 aliphatic carbocycles. The summed E-state index contributed by atoms with van der Waals surface area (Å²) in [6, 6.07) is 16.2. The Morgan fingerprint density at radius 3 is 2.42 bits per heavy atom. The highest BCUT2D eigenvalue weighted by molar-refractivity contribution is 9.10. The topological polar surface area (TPSA) is 77.0 Å². The fourth-order valence-electron chi connectivity index (χ4n) is 2.49. The molecule has 0 unspecified atom stereocenters. The number of nitrogens with zero attached hydrogens (tertiary/aromatic N) is 1. The van der Waals surface area contributed by atoms with Crippen LogP contribution in [-0.4, -0.2) is 25.2 Å². The summed E-state index contributed by atoms with van der Waals surface area (Å²) in [4.78, 5) is 24.5. The number of esters is 1. The molecule has 0 saturated carbocycles. The summed E-state index contributed by atoms with van der Waals surface area (Å²) in [5.74, 6) is -0.486. The van der Waals surface area contributed by atoms with Gasteiger partial charge in [0.15, 0.2) is 11.5 Å². The third-order valence-corrected chi connectivity index (χ3v) is 5.10. The molecule has 0 heterocycles. The van der Waals surface area contributed by atoms with Crippen LogP contribution in [0, 0.1) is 0 Å². The molecule has 0 fully saturated rings. The number of carbonyl (C=O) groups excluding carboxylic acids is 2. The lowest BCUT2D eigenvalue weighted by Crippen LogP contribution is -2.17. The number of amides is 1. The zero-order valence-corrected chi connectivity index (χ0v) is 19.2. The van der Waals surface area contributed by atoms with E-state index in [1.165, 1.54) is 25.5 Å². The normalized spacial score (nSPS) is 10.7. The van der Waals surface area contributed by atoms with Gasteiger partial charge in [0.2, 0.25) is 0 Å². The van der Waals surface area contributed by atoms with Crippen LogP contribution in [0.15, 0.2) is 70.2 Å². The van der Waals surface area contributed by atoms with Gasteiger partial charge < -0.3 is 9.47 Å². The van der Waals surface area contributed by atoms with Crippen LogP contribution in [0.25, 0.3) is 0 Å². The van der Waals surface area contributed by atoms with E-state index >= 15 is 0 Å². The first-order chi connectivity index (χ1) is 14.9. The second-order valence-corrected chi connectivity index (χ2v) is 7.89. The van der Waals surface area contributed by atoms with Gasteiger partial charge in [-0.3, -0.25) is 4.79 Å². The molecule has 3 aromatic rings. The molecule has 0 saturated heterocycles. The highest BCUT2D eigenvalue weighted by Crippen LogP contribution is 2.30. The highest BCUT2D eigenvalue weighted by atomic mass is 79.9. The molecule has 31 heavy (non-hydrogen) atoms. The molecular weight excluding hydrogens is 507 g/mol. The SMILES string of the molecule is COc1cc(/C=N/NC(=O)c2ccc(Br)cc2)ccc1OC(=O)c1ccc(Cl)cc1Cl. The van der Waals surface area contributed by atoms with Gasteiger partial charge in [0.1, 0.15) is 0 Å². The van der Waals surface area contributed by atoms with Gasteiger partial charge in [0, 0.05) is 15.1 Å². The van der Waals surface area contributed by atoms with Crippen LogP contribution >= 0.6 is 39.1 Å². The van der Waals surface area contributed by atoms with Crippen LogP contribution in [0.4, 0.5) is 0 Å². The summed E-state index contributed by atoms with van der Waals surface area (Å²) in [5.41, 5.74) is 3.72. The van der Waals surface area contributed by atoms with Crippen LogP contribution in [0.2, 0.25) is 10.0 Å². The molecule has 9 heteroatoms. The van der Waals surface area contributed by atoms with Crippen molar-refractivity contribution in [3.8, 4) is 11.5 Å². The fraction of sp³-hybridized carbons (Fsp3) is 0.0455. The maximum atomic E-state index is 12.4. The Kier molecular flexibility index (Phi) is 7.68. The number of carbonyl (C=O) groups is 2. The Bertz CT molecular complexity index is 1150. The zero-order valence-electron chi connectivity index (χ0n) is 16.1. The van der Waals surface area contributed by atoms with Crippen molar-refractivity contribution >= 4 is 57.2 Å². The molecule has 6 nitrogen and oxygen atoms in total. The van der Waals surface area contributed by atoms with E-state index in [4.69, 9.17) is 32.7 Å². The first-order valence-electron chi connectivity index (χ1n) is 8.81. The number of benzene rings is 3. The molecule has 0 atom stereocenters.